The van der Waals surface area contributed by atoms with E-state index in [1.54, 1.807) is 6.07 Å². The molecule has 2 aromatic carbocycles. The lowest BCUT2D eigenvalue weighted by molar-refractivity contribution is -0.157. The first-order valence-electron chi connectivity index (χ1n) is 9.54. The standard InChI is InChI=1S/C22H18F4N2O3S/c23-16-8-6-14(7-9-16)12-18-20(30)28(21(31)32-18)11-10-27-19(29)13-17(22(24,25)26)15-4-2-1-3-5-15/h1-9,12,17H,10-11,13H2,(H,27,29)/b18-12-. The number of thioether (sulfide) groups is 1. The number of nitrogens with zero attached hydrogens (tertiary/aromatic N) is 1. The highest BCUT2D eigenvalue weighted by Gasteiger charge is 2.42. The van der Waals surface area contributed by atoms with Crippen LogP contribution in [0.2, 0.25) is 0 Å². The van der Waals surface area contributed by atoms with Crippen LogP contribution in [-0.2, 0) is 9.59 Å². The number of carbonyl (C=O) groups excluding carboxylic acids is 3. The highest BCUT2D eigenvalue weighted by Crippen LogP contribution is 2.37. The van der Waals surface area contributed by atoms with E-state index in [1.165, 1.54) is 54.6 Å². The molecule has 1 N–H and O–H groups in total. The fraction of sp³-hybridized carbons (Fsp3) is 0.227. The molecule has 1 fully saturated rings. The first kappa shape index (κ1) is 23.5. The van der Waals surface area contributed by atoms with Gasteiger partial charge in [-0.1, -0.05) is 42.5 Å². The summed E-state index contributed by atoms with van der Waals surface area (Å²) >= 11 is 0.694. The maximum absolute atomic E-state index is 13.4. The highest BCUT2D eigenvalue weighted by atomic mass is 32.2. The summed E-state index contributed by atoms with van der Waals surface area (Å²) in [7, 11) is 0. The van der Waals surface area contributed by atoms with Crippen LogP contribution in [0.5, 0.6) is 0 Å². The molecule has 3 rings (SSSR count). The Labute approximate surface area is 185 Å². The Morgan fingerprint density at radius 1 is 1.06 bits per heavy atom. The highest BCUT2D eigenvalue weighted by molar-refractivity contribution is 8.18. The molecule has 1 saturated heterocycles. The van der Waals surface area contributed by atoms with Crippen molar-refractivity contribution in [3.8, 4) is 0 Å². The topological polar surface area (TPSA) is 66.5 Å². The Balaban J connectivity index is 1.56. The van der Waals surface area contributed by atoms with Gasteiger partial charge in [0.2, 0.25) is 5.91 Å². The first-order chi connectivity index (χ1) is 15.1. The number of halogens is 4. The molecule has 5 nitrogen and oxygen atoms in total. The van der Waals surface area contributed by atoms with Crippen LogP contribution in [0, 0.1) is 5.82 Å². The molecule has 1 aliphatic rings. The number of hydrogen-bond donors (Lipinski definition) is 1. The Hall–Kier alpha value is -3.14. The molecular weight excluding hydrogens is 448 g/mol. The van der Waals surface area contributed by atoms with Gasteiger partial charge in [0.05, 0.1) is 10.8 Å². The predicted octanol–water partition coefficient (Wildman–Crippen LogP) is 4.71. The van der Waals surface area contributed by atoms with Crippen LogP contribution in [-0.4, -0.2) is 41.2 Å². The van der Waals surface area contributed by atoms with Crippen molar-refractivity contribution >= 4 is 34.9 Å². The smallest absolute Gasteiger partial charge is 0.354 e. The monoisotopic (exact) mass is 466 g/mol. The summed E-state index contributed by atoms with van der Waals surface area (Å²) in [5, 5.41) is 1.78. The number of rotatable bonds is 7. The summed E-state index contributed by atoms with van der Waals surface area (Å²) < 4.78 is 53.1. The third-order valence-corrected chi connectivity index (χ3v) is 5.59. The molecule has 0 aromatic heterocycles. The lowest BCUT2D eigenvalue weighted by Crippen LogP contribution is -2.38. The van der Waals surface area contributed by atoms with E-state index in [-0.39, 0.29) is 23.6 Å². The second kappa shape index (κ2) is 9.99. The molecule has 0 spiro atoms. The van der Waals surface area contributed by atoms with Crippen molar-refractivity contribution in [1.29, 1.82) is 0 Å². The second-order valence-electron chi connectivity index (χ2n) is 6.94. The average molecular weight is 466 g/mol. The summed E-state index contributed by atoms with van der Waals surface area (Å²) in [4.78, 5) is 37.7. The van der Waals surface area contributed by atoms with Gasteiger partial charge in [-0.3, -0.25) is 19.3 Å². The molecule has 0 saturated carbocycles. The molecule has 1 aliphatic heterocycles. The van der Waals surface area contributed by atoms with Crippen molar-refractivity contribution in [2.75, 3.05) is 13.1 Å². The number of benzene rings is 2. The molecule has 0 bridgehead atoms. The van der Waals surface area contributed by atoms with Crippen LogP contribution in [0.1, 0.15) is 23.5 Å². The van der Waals surface area contributed by atoms with Gasteiger partial charge in [-0.25, -0.2) is 4.39 Å². The van der Waals surface area contributed by atoms with E-state index < -0.39 is 41.4 Å². The Bertz CT molecular complexity index is 1020. The predicted molar refractivity (Wildman–Crippen MR) is 112 cm³/mol. The molecule has 168 valence electrons. The van der Waals surface area contributed by atoms with E-state index in [1.807, 2.05) is 0 Å². The van der Waals surface area contributed by atoms with E-state index in [2.05, 4.69) is 5.32 Å². The van der Waals surface area contributed by atoms with Gasteiger partial charge >= 0.3 is 6.18 Å². The van der Waals surface area contributed by atoms with Crippen LogP contribution in [0.25, 0.3) is 6.08 Å². The molecule has 1 atom stereocenters. The maximum Gasteiger partial charge on any atom is 0.396 e. The Morgan fingerprint density at radius 2 is 1.72 bits per heavy atom. The average Bonchev–Trinajstić information content (AvgIpc) is 3.01. The molecule has 3 amide bonds. The Kier molecular flexibility index (Phi) is 7.34. The van der Waals surface area contributed by atoms with E-state index in [4.69, 9.17) is 0 Å². The van der Waals surface area contributed by atoms with Crippen molar-refractivity contribution < 1.29 is 31.9 Å². The number of nitrogens with one attached hydrogen (secondary N) is 1. The minimum atomic E-state index is -4.60. The molecule has 0 radical (unpaired) electrons. The van der Waals surface area contributed by atoms with Gasteiger partial charge in [0.15, 0.2) is 0 Å². The van der Waals surface area contributed by atoms with Gasteiger partial charge in [-0.05, 0) is 41.1 Å². The minimum absolute atomic E-state index is 0.0213. The van der Waals surface area contributed by atoms with E-state index in [0.717, 1.165) is 4.90 Å². The first-order valence-corrected chi connectivity index (χ1v) is 10.4. The van der Waals surface area contributed by atoms with Crippen molar-refractivity contribution in [3.63, 3.8) is 0 Å². The molecule has 2 aromatic rings. The minimum Gasteiger partial charge on any atom is -0.354 e. The lowest BCUT2D eigenvalue weighted by atomic mass is 9.95. The summed E-state index contributed by atoms with van der Waals surface area (Å²) in [6.07, 6.45) is -3.97. The zero-order valence-corrected chi connectivity index (χ0v) is 17.4. The SMILES string of the molecule is O=C(CC(c1ccccc1)C(F)(F)F)NCCN1C(=O)S/C(=C\c2ccc(F)cc2)C1=O. The van der Waals surface area contributed by atoms with Crippen molar-refractivity contribution in [3.05, 3.63) is 76.4 Å². The summed E-state index contributed by atoms with van der Waals surface area (Å²) in [5.41, 5.74) is 0.510. The molecule has 1 unspecified atom stereocenters. The molecular formula is C22H18F4N2O3S. The zero-order valence-electron chi connectivity index (χ0n) is 16.6. The number of hydrogen-bond acceptors (Lipinski definition) is 4. The van der Waals surface area contributed by atoms with Gasteiger partial charge in [0.25, 0.3) is 11.1 Å². The lowest BCUT2D eigenvalue weighted by Gasteiger charge is -2.20. The van der Waals surface area contributed by atoms with Gasteiger partial charge < -0.3 is 5.32 Å². The number of alkyl halides is 3. The van der Waals surface area contributed by atoms with Crippen molar-refractivity contribution in [2.45, 2.75) is 18.5 Å². The summed E-state index contributed by atoms with van der Waals surface area (Å²) in [6.45, 7) is -0.362. The van der Waals surface area contributed by atoms with Crippen LogP contribution < -0.4 is 5.32 Å². The van der Waals surface area contributed by atoms with E-state index in [9.17, 15) is 31.9 Å². The molecule has 10 heteroatoms. The second-order valence-corrected chi connectivity index (χ2v) is 7.94. The third-order valence-electron chi connectivity index (χ3n) is 4.69. The summed E-state index contributed by atoms with van der Waals surface area (Å²) in [6, 6.07) is 12.5. The van der Waals surface area contributed by atoms with Gasteiger partial charge in [-0.2, -0.15) is 13.2 Å². The normalized spacial score (nSPS) is 16.5. The zero-order chi connectivity index (χ0) is 23.3. The molecule has 32 heavy (non-hydrogen) atoms. The van der Waals surface area contributed by atoms with E-state index >= 15 is 0 Å². The Morgan fingerprint density at radius 3 is 2.34 bits per heavy atom. The third kappa shape index (κ3) is 5.97. The van der Waals surface area contributed by atoms with Gasteiger partial charge in [0.1, 0.15) is 5.82 Å². The molecule has 0 aliphatic carbocycles. The number of amides is 3. The maximum atomic E-state index is 13.4. The van der Waals surface area contributed by atoms with Gasteiger partial charge in [-0.15, -0.1) is 0 Å². The van der Waals surface area contributed by atoms with Crippen LogP contribution >= 0.6 is 11.8 Å². The fourth-order valence-electron chi connectivity index (χ4n) is 3.08. The van der Waals surface area contributed by atoms with Crippen LogP contribution in [0.15, 0.2) is 59.5 Å². The van der Waals surface area contributed by atoms with Crippen LogP contribution in [0.3, 0.4) is 0 Å². The summed E-state index contributed by atoms with van der Waals surface area (Å²) in [5.74, 6) is -3.83. The quantitative estimate of drug-likeness (QED) is 0.474. The number of imide groups is 1. The van der Waals surface area contributed by atoms with Gasteiger partial charge in [0, 0.05) is 19.5 Å². The molecule has 1 heterocycles. The van der Waals surface area contributed by atoms with Crippen molar-refractivity contribution in [2.24, 2.45) is 0 Å². The van der Waals surface area contributed by atoms with Crippen molar-refractivity contribution in [1.82, 2.24) is 10.2 Å². The number of carbonyl (C=O) groups is 3. The largest absolute Gasteiger partial charge is 0.396 e. The fourth-order valence-corrected chi connectivity index (χ4v) is 3.94. The van der Waals surface area contributed by atoms with Crippen LogP contribution in [0.4, 0.5) is 22.4 Å². The van der Waals surface area contributed by atoms with E-state index in [0.29, 0.717) is 17.3 Å².